The van der Waals surface area contributed by atoms with E-state index >= 15 is 0 Å². The number of nitrogens with one attached hydrogen (secondary N) is 1. The van der Waals surface area contributed by atoms with Gasteiger partial charge in [0.2, 0.25) is 0 Å². The average molecular weight is 356 g/mol. The molecule has 0 spiro atoms. The van der Waals surface area contributed by atoms with Crippen LogP contribution in [0.5, 0.6) is 0 Å². The normalized spacial score (nSPS) is 11.6. The van der Waals surface area contributed by atoms with Crippen molar-refractivity contribution in [3.05, 3.63) is 75.3 Å². The van der Waals surface area contributed by atoms with E-state index in [1.807, 2.05) is 30.3 Å². The molecular formula is C19H20N2O5. The first-order valence-corrected chi connectivity index (χ1v) is 8.18. The summed E-state index contributed by atoms with van der Waals surface area (Å²) < 4.78 is 0. The summed E-state index contributed by atoms with van der Waals surface area (Å²) in [6, 6.07) is 13.3. The number of nitro benzene ring substituents is 1. The molecule has 0 radical (unpaired) electrons. The van der Waals surface area contributed by atoms with Gasteiger partial charge in [-0.2, -0.15) is 0 Å². The van der Waals surface area contributed by atoms with Gasteiger partial charge in [-0.1, -0.05) is 30.3 Å². The van der Waals surface area contributed by atoms with Crippen LogP contribution in [0, 0.1) is 17.0 Å². The van der Waals surface area contributed by atoms with Crippen molar-refractivity contribution in [2.45, 2.75) is 32.2 Å². The van der Waals surface area contributed by atoms with E-state index in [1.165, 1.54) is 18.2 Å². The molecule has 26 heavy (non-hydrogen) atoms. The Labute approximate surface area is 150 Å². The maximum Gasteiger partial charge on any atom is 0.303 e. The Morgan fingerprint density at radius 3 is 2.46 bits per heavy atom. The smallest absolute Gasteiger partial charge is 0.303 e. The topological polar surface area (TPSA) is 110 Å². The summed E-state index contributed by atoms with van der Waals surface area (Å²) in [6.45, 7) is 1.57. The summed E-state index contributed by atoms with van der Waals surface area (Å²) in [6.07, 6.45) is 0.741. The molecule has 2 aromatic carbocycles. The van der Waals surface area contributed by atoms with E-state index in [-0.39, 0.29) is 24.1 Å². The molecule has 0 saturated carbocycles. The van der Waals surface area contributed by atoms with Crippen molar-refractivity contribution >= 4 is 17.6 Å². The second-order valence-corrected chi connectivity index (χ2v) is 6.05. The number of hydrogen-bond acceptors (Lipinski definition) is 4. The number of rotatable bonds is 8. The largest absolute Gasteiger partial charge is 0.481 e. The van der Waals surface area contributed by atoms with Crippen molar-refractivity contribution < 1.29 is 19.6 Å². The van der Waals surface area contributed by atoms with Gasteiger partial charge in [-0.05, 0) is 37.5 Å². The van der Waals surface area contributed by atoms with Crippen molar-refractivity contribution in [3.8, 4) is 0 Å². The lowest BCUT2D eigenvalue weighted by atomic mass is 10.0. The Kier molecular flexibility index (Phi) is 6.43. The van der Waals surface area contributed by atoms with Crippen molar-refractivity contribution in [2.75, 3.05) is 0 Å². The van der Waals surface area contributed by atoms with Crippen LogP contribution in [-0.4, -0.2) is 27.9 Å². The van der Waals surface area contributed by atoms with E-state index in [4.69, 9.17) is 5.11 Å². The second kappa shape index (κ2) is 8.75. The van der Waals surface area contributed by atoms with Crippen LogP contribution in [0.1, 0.15) is 34.3 Å². The number of carbonyl (C=O) groups excluding carboxylic acids is 1. The van der Waals surface area contributed by atoms with E-state index in [1.54, 1.807) is 6.92 Å². The second-order valence-electron chi connectivity index (χ2n) is 6.05. The molecule has 2 rings (SSSR count). The minimum Gasteiger partial charge on any atom is -0.481 e. The summed E-state index contributed by atoms with van der Waals surface area (Å²) in [5.74, 6) is -1.31. The molecule has 0 saturated heterocycles. The number of carboxylic acid groups (broad SMARTS) is 1. The summed E-state index contributed by atoms with van der Waals surface area (Å²) >= 11 is 0. The molecule has 2 N–H and O–H groups in total. The van der Waals surface area contributed by atoms with E-state index < -0.39 is 10.9 Å². The Hall–Kier alpha value is -3.22. The Morgan fingerprint density at radius 2 is 1.88 bits per heavy atom. The van der Waals surface area contributed by atoms with Gasteiger partial charge in [0, 0.05) is 29.7 Å². The maximum atomic E-state index is 12.5. The van der Waals surface area contributed by atoms with Crippen molar-refractivity contribution in [2.24, 2.45) is 0 Å². The summed E-state index contributed by atoms with van der Waals surface area (Å²) in [7, 11) is 0. The number of hydrogen-bond donors (Lipinski definition) is 2. The highest BCUT2D eigenvalue weighted by Gasteiger charge is 2.18. The fraction of sp³-hybridized carbons (Fsp3) is 0.263. The van der Waals surface area contributed by atoms with Crippen LogP contribution in [0.3, 0.4) is 0 Å². The third-order valence-corrected chi connectivity index (χ3v) is 4.02. The van der Waals surface area contributed by atoms with Crippen LogP contribution in [0.15, 0.2) is 48.5 Å². The number of aryl methyl sites for hydroxylation is 1. The molecule has 1 atom stereocenters. The summed E-state index contributed by atoms with van der Waals surface area (Å²) in [5, 5.41) is 22.6. The molecular weight excluding hydrogens is 336 g/mol. The lowest BCUT2D eigenvalue weighted by molar-refractivity contribution is -0.385. The molecule has 0 fully saturated rings. The van der Waals surface area contributed by atoms with Gasteiger partial charge in [-0.15, -0.1) is 0 Å². The molecule has 0 aliphatic heterocycles. The van der Waals surface area contributed by atoms with Crippen LogP contribution in [-0.2, 0) is 11.2 Å². The number of aliphatic carboxylic acids is 1. The maximum absolute atomic E-state index is 12.5. The third kappa shape index (κ3) is 5.41. The highest BCUT2D eigenvalue weighted by molar-refractivity contribution is 5.95. The standard InChI is InChI=1S/C19H20N2O5/c1-13-11-15(7-9-17(13)21(25)26)19(24)20-16(8-10-18(22)23)12-14-5-3-2-4-6-14/h2-7,9,11,16H,8,10,12H2,1H3,(H,20,24)(H,22,23). The van der Waals surface area contributed by atoms with Crippen molar-refractivity contribution in [1.29, 1.82) is 0 Å². The highest BCUT2D eigenvalue weighted by Crippen LogP contribution is 2.19. The Morgan fingerprint density at radius 1 is 1.19 bits per heavy atom. The average Bonchev–Trinajstić information content (AvgIpc) is 2.60. The highest BCUT2D eigenvalue weighted by atomic mass is 16.6. The van der Waals surface area contributed by atoms with E-state index in [0.29, 0.717) is 24.0 Å². The SMILES string of the molecule is Cc1cc(C(=O)NC(CCC(=O)O)Cc2ccccc2)ccc1[N+](=O)[O-]. The van der Waals surface area contributed by atoms with Gasteiger partial charge < -0.3 is 10.4 Å². The number of nitrogens with zero attached hydrogens (tertiary/aromatic N) is 1. The Balaban J connectivity index is 2.13. The van der Waals surface area contributed by atoms with Crippen LogP contribution in [0.25, 0.3) is 0 Å². The van der Waals surface area contributed by atoms with Gasteiger partial charge in [-0.3, -0.25) is 19.7 Å². The third-order valence-electron chi connectivity index (χ3n) is 4.02. The van der Waals surface area contributed by atoms with Gasteiger partial charge >= 0.3 is 5.97 Å². The van der Waals surface area contributed by atoms with Gasteiger partial charge in [-0.25, -0.2) is 0 Å². The van der Waals surface area contributed by atoms with Crippen LogP contribution in [0.2, 0.25) is 0 Å². The number of amides is 1. The number of carbonyl (C=O) groups is 2. The molecule has 7 heteroatoms. The van der Waals surface area contributed by atoms with E-state index in [9.17, 15) is 19.7 Å². The number of nitro groups is 1. The zero-order valence-corrected chi connectivity index (χ0v) is 14.3. The molecule has 7 nitrogen and oxygen atoms in total. The first-order chi connectivity index (χ1) is 12.4. The van der Waals surface area contributed by atoms with Gasteiger partial charge in [0.1, 0.15) is 0 Å². The fourth-order valence-corrected chi connectivity index (χ4v) is 2.69. The molecule has 1 amide bonds. The van der Waals surface area contributed by atoms with Crippen LogP contribution >= 0.6 is 0 Å². The number of benzene rings is 2. The predicted octanol–water partition coefficient (Wildman–Crippen LogP) is 3.11. The van der Waals surface area contributed by atoms with Crippen molar-refractivity contribution in [3.63, 3.8) is 0 Å². The van der Waals surface area contributed by atoms with Gasteiger partial charge in [0.05, 0.1) is 4.92 Å². The first kappa shape index (κ1) is 19.1. The zero-order valence-electron chi connectivity index (χ0n) is 14.3. The molecule has 0 bridgehead atoms. The van der Waals surface area contributed by atoms with Crippen LogP contribution in [0.4, 0.5) is 5.69 Å². The molecule has 2 aromatic rings. The van der Waals surface area contributed by atoms with Crippen LogP contribution < -0.4 is 5.32 Å². The predicted molar refractivity (Wildman–Crippen MR) is 96.1 cm³/mol. The molecule has 1 unspecified atom stereocenters. The molecule has 0 aromatic heterocycles. The molecule has 0 heterocycles. The minimum absolute atomic E-state index is 0.0479. The molecule has 136 valence electrons. The summed E-state index contributed by atoms with van der Waals surface area (Å²) in [4.78, 5) is 33.8. The number of carboxylic acids is 1. The van der Waals surface area contributed by atoms with Gasteiger partial charge in [0.25, 0.3) is 11.6 Å². The summed E-state index contributed by atoms with van der Waals surface area (Å²) in [5.41, 5.74) is 1.64. The van der Waals surface area contributed by atoms with E-state index in [0.717, 1.165) is 5.56 Å². The lowest BCUT2D eigenvalue weighted by Gasteiger charge is -2.18. The molecule has 0 aliphatic rings. The van der Waals surface area contributed by atoms with Crippen molar-refractivity contribution in [1.82, 2.24) is 5.32 Å². The monoisotopic (exact) mass is 356 g/mol. The zero-order chi connectivity index (χ0) is 19.1. The van der Waals surface area contributed by atoms with Gasteiger partial charge in [0.15, 0.2) is 0 Å². The lowest BCUT2D eigenvalue weighted by Crippen LogP contribution is -2.37. The quantitative estimate of drug-likeness (QED) is 0.558. The molecule has 0 aliphatic carbocycles. The fourth-order valence-electron chi connectivity index (χ4n) is 2.69. The van der Waals surface area contributed by atoms with E-state index in [2.05, 4.69) is 5.32 Å². The minimum atomic E-state index is -0.927. The Bertz CT molecular complexity index is 805. The first-order valence-electron chi connectivity index (χ1n) is 8.18.